The molecular formula is C15H20N2O5S. The van der Waals surface area contributed by atoms with Gasteiger partial charge in [-0.25, -0.2) is 8.42 Å². The molecule has 0 unspecified atom stereocenters. The number of rotatable bonds is 5. The van der Waals surface area contributed by atoms with Crippen LogP contribution in [0.1, 0.15) is 29.3 Å². The highest BCUT2D eigenvalue weighted by molar-refractivity contribution is 7.91. The van der Waals surface area contributed by atoms with E-state index in [1.54, 1.807) is 18.2 Å². The summed E-state index contributed by atoms with van der Waals surface area (Å²) in [6.45, 7) is 3.36. The molecule has 3 N–H and O–H groups in total. The molecule has 1 fully saturated rings. The maximum Gasteiger partial charge on any atom is 0.261 e. The van der Waals surface area contributed by atoms with Crippen molar-refractivity contribution in [2.45, 2.75) is 32.4 Å². The number of nitrogens with two attached hydrogens (primary N) is 1. The molecule has 0 bridgehead atoms. The first-order valence-electron chi connectivity index (χ1n) is 7.26. The molecule has 1 aliphatic heterocycles. The molecule has 0 aliphatic carbocycles. The molecule has 0 aromatic heterocycles. The lowest BCUT2D eigenvalue weighted by atomic mass is 10.1. The Balaban J connectivity index is 2.04. The summed E-state index contributed by atoms with van der Waals surface area (Å²) in [5.74, 6) is -0.808. The van der Waals surface area contributed by atoms with E-state index in [4.69, 9.17) is 10.5 Å². The number of carbonyl (C=O) groups excluding carboxylic acids is 2. The Bertz CT molecular complexity index is 729. The Labute approximate surface area is 135 Å². The first-order valence-corrected chi connectivity index (χ1v) is 9.08. The smallest absolute Gasteiger partial charge is 0.261 e. The Morgan fingerprint density at radius 2 is 2.09 bits per heavy atom. The Morgan fingerprint density at radius 3 is 2.65 bits per heavy atom. The minimum absolute atomic E-state index is 0.0531. The van der Waals surface area contributed by atoms with Gasteiger partial charge in [-0.15, -0.1) is 0 Å². The van der Waals surface area contributed by atoms with Crippen LogP contribution in [0.5, 0.6) is 5.75 Å². The van der Waals surface area contributed by atoms with Crippen LogP contribution in [0.15, 0.2) is 18.2 Å². The predicted molar refractivity (Wildman–Crippen MR) is 85.0 cm³/mol. The fourth-order valence-electron chi connectivity index (χ4n) is 2.40. The van der Waals surface area contributed by atoms with Crippen LogP contribution in [0.3, 0.4) is 0 Å². The van der Waals surface area contributed by atoms with Gasteiger partial charge >= 0.3 is 0 Å². The molecule has 0 spiro atoms. The van der Waals surface area contributed by atoms with Crippen molar-refractivity contribution in [3.8, 4) is 5.75 Å². The fourth-order valence-corrected chi connectivity index (χ4v) is 4.08. The number of carbonyl (C=O) groups is 2. The number of ether oxygens (including phenoxy) is 1. The van der Waals surface area contributed by atoms with Crippen molar-refractivity contribution in [1.29, 1.82) is 0 Å². The van der Waals surface area contributed by atoms with Gasteiger partial charge in [0.05, 0.1) is 17.1 Å². The largest absolute Gasteiger partial charge is 0.480 e. The molecule has 1 saturated heterocycles. The quantitative estimate of drug-likeness (QED) is 0.792. The summed E-state index contributed by atoms with van der Waals surface area (Å²) in [4.78, 5) is 23.5. The molecule has 23 heavy (non-hydrogen) atoms. The molecular weight excluding hydrogens is 320 g/mol. The third-order valence-electron chi connectivity index (χ3n) is 3.65. The van der Waals surface area contributed by atoms with E-state index in [0.717, 1.165) is 5.56 Å². The minimum Gasteiger partial charge on any atom is -0.480 e. The van der Waals surface area contributed by atoms with Gasteiger partial charge in [0, 0.05) is 6.04 Å². The number of aryl methyl sites for hydroxylation is 1. The first-order chi connectivity index (χ1) is 10.7. The monoisotopic (exact) mass is 340 g/mol. The summed E-state index contributed by atoms with van der Waals surface area (Å²) >= 11 is 0. The lowest BCUT2D eigenvalue weighted by Crippen LogP contribution is -2.43. The third kappa shape index (κ3) is 4.44. The topological polar surface area (TPSA) is 116 Å². The SMILES string of the molecule is Cc1ccc(C(N)=O)c(O[C@@H](C)C(=O)N[C@@H]2CCS(=O)(=O)C2)c1. The van der Waals surface area contributed by atoms with Crippen LogP contribution in [0.2, 0.25) is 0 Å². The molecule has 126 valence electrons. The summed E-state index contributed by atoms with van der Waals surface area (Å²) in [5, 5.41) is 2.66. The van der Waals surface area contributed by atoms with Gasteiger partial charge in [-0.3, -0.25) is 9.59 Å². The van der Waals surface area contributed by atoms with Crippen molar-refractivity contribution in [3.63, 3.8) is 0 Å². The number of primary amides is 1. The van der Waals surface area contributed by atoms with E-state index in [1.807, 2.05) is 6.92 Å². The maximum atomic E-state index is 12.1. The maximum absolute atomic E-state index is 12.1. The van der Waals surface area contributed by atoms with Gasteiger partial charge in [-0.2, -0.15) is 0 Å². The van der Waals surface area contributed by atoms with Crippen LogP contribution in [-0.2, 0) is 14.6 Å². The number of amides is 2. The number of hydrogen-bond donors (Lipinski definition) is 2. The molecule has 2 rings (SSSR count). The third-order valence-corrected chi connectivity index (χ3v) is 5.42. The molecule has 1 aromatic rings. The zero-order valence-corrected chi connectivity index (χ0v) is 13.9. The van der Waals surface area contributed by atoms with E-state index >= 15 is 0 Å². The summed E-state index contributed by atoms with van der Waals surface area (Å²) in [7, 11) is -3.07. The second kappa shape index (κ2) is 6.57. The Kier molecular flexibility index (Phi) is 4.93. The van der Waals surface area contributed by atoms with Gasteiger partial charge in [-0.05, 0) is 38.0 Å². The summed E-state index contributed by atoms with van der Waals surface area (Å²) < 4.78 is 28.4. The van der Waals surface area contributed by atoms with Crippen molar-refractivity contribution in [2.24, 2.45) is 5.73 Å². The van der Waals surface area contributed by atoms with E-state index in [9.17, 15) is 18.0 Å². The van der Waals surface area contributed by atoms with Crippen LogP contribution in [0.4, 0.5) is 0 Å². The van der Waals surface area contributed by atoms with Crippen LogP contribution < -0.4 is 15.8 Å². The van der Waals surface area contributed by atoms with Crippen molar-refractivity contribution in [3.05, 3.63) is 29.3 Å². The lowest BCUT2D eigenvalue weighted by Gasteiger charge is -2.19. The van der Waals surface area contributed by atoms with Crippen molar-refractivity contribution in [2.75, 3.05) is 11.5 Å². The number of benzene rings is 1. The molecule has 1 heterocycles. The number of nitrogens with one attached hydrogen (secondary N) is 1. The van der Waals surface area contributed by atoms with Crippen LogP contribution in [0, 0.1) is 6.92 Å². The summed E-state index contributed by atoms with van der Waals surface area (Å²) in [5.41, 5.74) is 6.35. The van der Waals surface area contributed by atoms with E-state index < -0.39 is 33.8 Å². The minimum atomic E-state index is -3.07. The van der Waals surface area contributed by atoms with E-state index in [-0.39, 0.29) is 22.8 Å². The molecule has 2 atom stereocenters. The number of hydrogen-bond acceptors (Lipinski definition) is 5. The van der Waals surface area contributed by atoms with Gasteiger partial charge in [-0.1, -0.05) is 6.07 Å². The average molecular weight is 340 g/mol. The highest BCUT2D eigenvalue weighted by Crippen LogP contribution is 2.21. The predicted octanol–water partition coefficient (Wildman–Crippen LogP) is 0.165. The Morgan fingerprint density at radius 1 is 1.39 bits per heavy atom. The second-order valence-electron chi connectivity index (χ2n) is 5.73. The van der Waals surface area contributed by atoms with Crippen molar-refractivity contribution in [1.82, 2.24) is 5.32 Å². The molecule has 1 aliphatic rings. The van der Waals surface area contributed by atoms with E-state index in [1.165, 1.54) is 6.92 Å². The molecule has 2 amide bonds. The van der Waals surface area contributed by atoms with Crippen LogP contribution in [-0.4, -0.2) is 43.9 Å². The van der Waals surface area contributed by atoms with Crippen molar-refractivity contribution < 1.29 is 22.7 Å². The lowest BCUT2D eigenvalue weighted by molar-refractivity contribution is -0.127. The van der Waals surface area contributed by atoms with Gasteiger partial charge in [0.25, 0.3) is 11.8 Å². The fraction of sp³-hybridized carbons (Fsp3) is 0.467. The summed E-state index contributed by atoms with van der Waals surface area (Å²) in [6, 6.07) is 4.50. The summed E-state index contributed by atoms with van der Waals surface area (Å²) in [6.07, 6.45) is -0.476. The molecule has 7 nitrogen and oxygen atoms in total. The van der Waals surface area contributed by atoms with Gasteiger partial charge < -0.3 is 15.8 Å². The van der Waals surface area contributed by atoms with Crippen LogP contribution >= 0.6 is 0 Å². The average Bonchev–Trinajstić information content (AvgIpc) is 2.77. The number of sulfone groups is 1. The van der Waals surface area contributed by atoms with Crippen LogP contribution in [0.25, 0.3) is 0 Å². The zero-order chi connectivity index (χ0) is 17.2. The van der Waals surface area contributed by atoms with E-state index in [2.05, 4.69) is 5.32 Å². The van der Waals surface area contributed by atoms with Crippen molar-refractivity contribution >= 4 is 21.7 Å². The van der Waals surface area contributed by atoms with Gasteiger partial charge in [0.15, 0.2) is 15.9 Å². The molecule has 1 aromatic carbocycles. The molecule has 0 radical (unpaired) electrons. The van der Waals surface area contributed by atoms with Gasteiger partial charge in [0.2, 0.25) is 0 Å². The van der Waals surface area contributed by atoms with Gasteiger partial charge in [0.1, 0.15) is 5.75 Å². The molecule has 8 heteroatoms. The second-order valence-corrected chi connectivity index (χ2v) is 7.96. The first kappa shape index (κ1) is 17.3. The highest BCUT2D eigenvalue weighted by Gasteiger charge is 2.30. The molecule has 0 saturated carbocycles. The van der Waals surface area contributed by atoms with E-state index in [0.29, 0.717) is 6.42 Å². The zero-order valence-electron chi connectivity index (χ0n) is 13.0. The standard InChI is InChI=1S/C15H20N2O5S/c1-9-3-4-12(14(16)18)13(7-9)22-10(2)15(19)17-11-5-6-23(20,21)8-11/h3-4,7,10-11H,5-6,8H2,1-2H3,(H2,16,18)(H,17,19)/t10-,11+/m0/s1. The highest BCUT2D eigenvalue weighted by atomic mass is 32.2. The Hall–Kier alpha value is -2.09. The normalized spacial score (nSPS) is 20.7.